The van der Waals surface area contributed by atoms with Crippen LogP contribution in [0.25, 0.3) is 11.1 Å². The summed E-state index contributed by atoms with van der Waals surface area (Å²) >= 11 is 0. The van der Waals surface area contributed by atoms with Crippen molar-refractivity contribution in [2.24, 2.45) is 5.73 Å². The first-order chi connectivity index (χ1) is 14.3. The summed E-state index contributed by atoms with van der Waals surface area (Å²) in [6.45, 7) is 0.554. The van der Waals surface area contributed by atoms with Gasteiger partial charge in [-0.2, -0.15) is 0 Å². The fourth-order valence-corrected chi connectivity index (χ4v) is 3.14. The summed E-state index contributed by atoms with van der Waals surface area (Å²) < 4.78 is 6.42. The second-order valence-electron chi connectivity index (χ2n) is 6.85. The molecule has 0 atom stereocenters. The third kappa shape index (κ3) is 4.54. The quantitative estimate of drug-likeness (QED) is 0.443. The Kier molecular flexibility index (Phi) is 5.95. The van der Waals surface area contributed by atoms with E-state index in [2.05, 4.69) is 0 Å². The van der Waals surface area contributed by atoms with E-state index in [1.54, 1.807) is 31.3 Å². The molecular formula is C20H20N4O6. The lowest BCUT2D eigenvalue weighted by Crippen LogP contribution is -2.26. The Labute approximate surface area is 170 Å². The maximum absolute atomic E-state index is 12.4. The van der Waals surface area contributed by atoms with Crippen LogP contribution in [-0.4, -0.2) is 33.3 Å². The predicted octanol–water partition coefficient (Wildman–Crippen LogP) is 2.04. The van der Waals surface area contributed by atoms with Gasteiger partial charge in [-0.1, -0.05) is 12.1 Å². The molecular weight excluding hydrogens is 392 g/mol. The minimum Gasteiger partial charge on any atom is -0.407 e. The molecule has 156 valence electrons. The van der Waals surface area contributed by atoms with Gasteiger partial charge in [-0.15, -0.1) is 0 Å². The van der Waals surface area contributed by atoms with E-state index in [-0.39, 0.29) is 30.1 Å². The number of rotatable bonds is 8. The van der Waals surface area contributed by atoms with Crippen LogP contribution < -0.4 is 11.5 Å². The van der Waals surface area contributed by atoms with E-state index in [9.17, 15) is 24.5 Å². The predicted molar refractivity (Wildman–Crippen MR) is 108 cm³/mol. The summed E-state index contributed by atoms with van der Waals surface area (Å²) in [5, 5.41) is 10.8. The molecule has 2 N–H and O–H groups in total. The maximum atomic E-state index is 12.4. The number of hydrogen-bond donors (Lipinski definition) is 1. The number of fused-ring (bicyclic) bond motifs is 1. The van der Waals surface area contributed by atoms with E-state index in [4.69, 9.17) is 10.2 Å². The van der Waals surface area contributed by atoms with Crippen molar-refractivity contribution in [1.29, 1.82) is 0 Å². The Morgan fingerprint density at radius 2 is 2.00 bits per heavy atom. The molecule has 1 heterocycles. The Morgan fingerprint density at radius 1 is 1.23 bits per heavy atom. The number of benzene rings is 2. The zero-order valence-electron chi connectivity index (χ0n) is 16.2. The number of nitrogens with two attached hydrogens (primary N) is 1. The van der Waals surface area contributed by atoms with Crippen molar-refractivity contribution in [1.82, 2.24) is 9.47 Å². The van der Waals surface area contributed by atoms with Gasteiger partial charge in [0.15, 0.2) is 5.58 Å². The molecule has 0 aliphatic carbocycles. The van der Waals surface area contributed by atoms with Crippen LogP contribution in [0.15, 0.2) is 51.7 Å². The lowest BCUT2D eigenvalue weighted by molar-refractivity contribution is -0.384. The minimum absolute atomic E-state index is 0.129. The van der Waals surface area contributed by atoms with Crippen LogP contribution in [0.4, 0.5) is 5.69 Å². The van der Waals surface area contributed by atoms with Crippen LogP contribution >= 0.6 is 0 Å². The molecule has 30 heavy (non-hydrogen) atoms. The number of carbonyl (C=O) groups is 2. The first-order valence-corrected chi connectivity index (χ1v) is 9.17. The molecule has 0 aliphatic rings. The lowest BCUT2D eigenvalue weighted by atomic mass is 10.1. The highest BCUT2D eigenvalue weighted by Gasteiger charge is 2.15. The number of nitro groups is 1. The number of amides is 2. The van der Waals surface area contributed by atoms with Crippen LogP contribution in [0.2, 0.25) is 0 Å². The largest absolute Gasteiger partial charge is 0.419 e. The first kappa shape index (κ1) is 20.8. The van der Waals surface area contributed by atoms with Gasteiger partial charge in [-0.05, 0) is 30.2 Å². The van der Waals surface area contributed by atoms with E-state index in [1.165, 1.54) is 27.7 Å². The average molecular weight is 412 g/mol. The standard InChI is InChI=1S/C20H20N4O6/c1-22(12-13-4-2-5-14(10-13)19(21)26)18(25)6-3-9-23-16-8-7-15(24(28)29)11-17(16)30-20(23)27/h2,4-5,7-8,10-11H,3,6,9,12H2,1H3,(H2,21,26). The molecule has 10 heteroatoms. The average Bonchev–Trinajstić information content (AvgIpc) is 3.02. The molecule has 0 saturated carbocycles. The monoisotopic (exact) mass is 412 g/mol. The number of nitrogens with zero attached hydrogens (tertiary/aromatic N) is 3. The Hall–Kier alpha value is -3.95. The van der Waals surface area contributed by atoms with Gasteiger partial charge in [0.1, 0.15) is 0 Å². The number of oxazole rings is 1. The van der Waals surface area contributed by atoms with Crippen molar-refractivity contribution in [2.45, 2.75) is 25.9 Å². The number of carbonyl (C=O) groups excluding carboxylic acids is 2. The molecule has 0 bridgehead atoms. The second-order valence-corrected chi connectivity index (χ2v) is 6.85. The fourth-order valence-electron chi connectivity index (χ4n) is 3.14. The van der Waals surface area contributed by atoms with Crippen molar-refractivity contribution in [3.8, 4) is 0 Å². The number of non-ortho nitro benzene ring substituents is 1. The molecule has 2 aromatic carbocycles. The molecule has 0 aliphatic heterocycles. The minimum atomic E-state index is -0.630. The Morgan fingerprint density at radius 3 is 2.70 bits per heavy atom. The van der Waals surface area contributed by atoms with Gasteiger partial charge in [0.25, 0.3) is 5.69 Å². The van der Waals surface area contributed by atoms with Crippen LogP contribution in [0.5, 0.6) is 0 Å². The van der Waals surface area contributed by atoms with Gasteiger partial charge in [0.2, 0.25) is 11.8 Å². The van der Waals surface area contributed by atoms with E-state index >= 15 is 0 Å². The molecule has 0 saturated heterocycles. The summed E-state index contributed by atoms with van der Waals surface area (Å²) in [5.74, 6) is -1.29. The van der Waals surface area contributed by atoms with Crippen molar-refractivity contribution in [3.63, 3.8) is 0 Å². The van der Waals surface area contributed by atoms with Gasteiger partial charge in [0, 0.05) is 38.2 Å². The van der Waals surface area contributed by atoms with E-state index in [0.29, 0.717) is 24.0 Å². The number of hydrogen-bond acceptors (Lipinski definition) is 6. The summed E-state index contributed by atoms with van der Waals surface area (Å²) in [6, 6.07) is 10.7. The van der Waals surface area contributed by atoms with Crippen molar-refractivity contribution in [2.75, 3.05) is 7.05 Å². The molecule has 0 fully saturated rings. The van der Waals surface area contributed by atoms with Crippen molar-refractivity contribution in [3.05, 3.63) is 74.3 Å². The molecule has 1 aromatic heterocycles. The number of aryl methyl sites for hydroxylation is 1. The molecule has 2 amide bonds. The SMILES string of the molecule is CN(Cc1cccc(C(N)=O)c1)C(=O)CCCn1c(=O)oc2cc([N+](=O)[O-])ccc21. The van der Waals surface area contributed by atoms with Crippen LogP contribution in [0, 0.1) is 10.1 Å². The summed E-state index contributed by atoms with van der Waals surface area (Å²) in [7, 11) is 1.65. The Bertz CT molecular complexity index is 1180. The highest BCUT2D eigenvalue weighted by molar-refractivity contribution is 5.92. The smallest absolute Gasteiger partial charge is 0.407 e. The molecule has 0 radical (unpaired) electrons. The lowest BCUT2D eigenvalue weighted by Gasteiger charge is -2.17. The van der Waals surface area contributed by atoms with Crippen LogP contribution in [0.1, 0.15) is 28.8 Å². The van der Waals surface area contributed by atoms with E-state index in [0.717, 1.165) is 5.56 Å². The number of primary amides is 1. The zero-order chi connectivity index (χ0) is 21.8. The third-order valence-electron chi connectivity index (χ3n) is 4.69. The summed E-state index contributed by atoms with van der Waals surface area (Å²) in [4.78, 5) is 47.5. The molecule has 10 nitrogen and oxygen atoms in total. The van der Waals surface area contributed by atoms with Gasteiger partial charge in [0.05, 0.1) is 16.5 Å². The highest BCUT2D eigenvalue weighted by Crippen LogP contribution is 2.20. The molecule has 0 spiro atoms. The third-order valence-corrected chi connectivity index (χ3v) is 4.69. The first-order valence-electron chi connectivity index (χ1n) is 9.17. The van der Waals surface area contributed by atoms with Gasteiger partial charge in [-0.3, -0.25) is 24.3 Å². The van der Waals surface area contributed by atoms with Gasteiger partial charge in [-0.25, -0.2) is 4.79 Å². The van der Waals surface area contributed by atoms with Crippen molar-refractivity contribution < 1.29 is 18.9 Å². The normalized spacial score (nSPS) is 10.8. The zero-order valence-corrected chi connectivity index (χ0v) is 16.2. The fraction of sp³-hybridized carbons (Fsp3) is 0.250. The Balaban J connectivity index is 1.61. The van der Waals surface area contributed by atoms with Crippen LogP contribution in [-0.2, 0) is 17.9 Å². The van der Waals surface area contributed by atoms with Crippen molar-refractivity contribution >= 4 is 28.6 Å². The van der Waals surface area contributed by atoms with Gasteiger partial charge < -0.3 is 15.1 Å². The molecule has 0 unspecified atom stereocenters. The number of nitro benzene ring substituents is 1. The topological polar surface area (TPSA) is 142 Å². The highest BCUT2D eigenvalue weighted by atomic mass is 16.6. The second kappa shape index (κ2) is 8.60. The van der Waals surface area contributed by atoms with Gasteiger partial charge >= 0.3 is 5.76 Å². The summed E-state index contributed by atoms with van der Waals surface area (Å²) in [5.41, 5.74) is 6.83. The number of aromatic nitrogens is 1. The maximum Gasteiger partial charge on any atom is 0.419 e. The molecule has 3 aromatic rings. The van der Waals surface area contributed by atoms with E-state index in [1.807, 2.05) is 0 Å². The molecule has 3 rings (SSSR count). The summed E-state index contributed by atoms with van der Waals surface area (Å²) in [6.07, 6.45) is 0.578. The van der Waals surface area contributed by atoms with E-state index < -0.39 is 16.6 Å². The van der Waals surface area contributed by atoms with Crippen LogP contribution in [0.3, 0.4) is 0 Å².